The van der Waals surface area contributed by atoms with Gasteiger partial charge in [0, 0.05) is 12.2 Å². The number of nitrogen functional groups attached to an aromatic ring is 1. The van der Waals surface area contributed by atoms with Crippen LogP contribution < -0.4 is 16.0 Å². The second kappa shape index (κ2) is 6.48. The van der Waals surface area contributed by atoms with E-state index in [0.29, 0.717) is 11.8 Å². The fraction of sp³-hybridized carbons (Fsp3) is 0.615. The second-order valence-electron chi connectivity index (χ2n) is 5.88. The molecule has 0 spiro atoms. The predicted molar refractivity (Wildman–Crippen MR) is 83.3 cm³/mol. The number of hydrazine groups is 1. The highest BCUT2D eigenvalue weighted by Crippen LogP contribution is 2.30. The Morgan fingerprint density at radius 1 is 1.29 bits per heavy atom. The van der Waals surface area contributed by atoms with E-state index in [1.165, 1.54) is 12.3 Å². The molecule has 1 aliphatic rings. The summed E-state index contributed by atoms with van der Waals surface area (Å²) in [6, 6.07) is 1.31. The van der Waals surface area contributed by atoms with Crippen LogP contribution in [-0.2, 0) is 10.0 Å². The number of pyridine rings is 1. The van der Waals surface area contributed by atoms with Crippen molar-refractivity contribution in [1.29, 1.82) is 0 Å². The fourth-order valence-corrected chi connectivity index (χ4v) is 4.52. The van der Waals surface area contributed by atoms with Crippen molar-refractivity contribution >= 4 is 27.4 Å². The lowest BCUT2D eigenvalue weighted by atomic mass is 9.81. The van der Waals surface area contributed by atoms with Crippen LogP contribution in [0.4, 0.5) is 5.82 Å². The molecule has 0 aromatic carbocycles. The lowest BCUT2D eigenvalue weighted by molar-refractivity contribution is 0.257. The molecule has 2 atom stereocenters. The summed E-state index contributed by atoms with van der Waals surface area (Å²) >= 11 is 5.93. The molecular formula is C13H21ClN4O2S. The number of anilines is 1. The van der Waals surface area contributed by atoms with Gasteiger partial charge in [-0.15, -0.1) is 0 Å². The smallest absolute Gasteiger partial charge is 0.242 e. The highest BCUT2D eigenvalue weighted by molar-refractivity contribution is 7.89. The maximum absolute atomic E-state index is 12.4. The number of sulfonamides is 1. The van der Waals surface area contributed by atoms with E-state index in [4.69, 9.17) is 17.4 Å². The number of hydrogen-bond donors (Lipinski definition) is 3. The SMILES string of the molecule is CC1CC(C)CC(NS(=O)(=O)c2cnc(NN)c(Cl)c2)C1. The number of rotatable bonds is 4. The molecule has 6 nitrogen and oxygen atoms in total. The third kappa shape index (κ3) is 4.06. The van der Waals surface area contributed by atoms with Crippen LogP contribution in [0.5, 0.6) is 0 Å². The third-order valence-corrected chi connectivity index (χ3v) is 5.54. The first-order chi connectivity index (χ1) is 9.81. The lowest BCUT2D eigenvalue weighted by Gasteiger charge is -2.31. The Labute approximate surface area is 130 Å². The predicted octanol–water partition coefficient (Wildman–Crippen LogP) is 2.12. The van der Waals surface area contributed by atoms with Crippen LogP contribution in [0.25, 0.3) is 0 Å². The van der Waals surface area contributed by atoms with Crippen molar-refractivity contribution in [1.82, 2.24) is 9.71 Å². The van der Waals surface area contributed by atoms with E-state index >= 15 is 0 Å². The number of halogens is 1. The minimum Gasteiger partial charge on any atom is -0.307 e. The van der Waals surface area contributed by atoms with Gasteiger partial charge < -0.3 is 5.43 Å². The largest absolute Gasteiger partial charge is 0.307 e. The Balaban J connectivity index is 2.16. The van der Waals surface area contributed by atoms with Crippen LogP contribution in [0.1, 0.15) is 33.1 Å². The van der Waals surface area contributed by atoms with Gasteiger partial charge in [0.25, 0.3) is 0 Å². The van der Waals surface area contributed by atoms with Gasteiger partial charge in [0.05, 0.1) is 5.02 Å². The quantitative estimate of drug-likeness (QED) is 0.579. The normalized spacial score (nSPS) is 26.6. The van der Waals surface area contributed by atoms with Crippen LogP contribution in [0.3, 0.4) is 0 Å². The minimum atomic E-state index is -3.62. The molecule has 1 saturated carbocycles. The second-order valence-corrected chi connectivity index (χ2v) is 8.00. The first-order valence-electron chi connectivity index (χ1n) is 6.96. The molecule has 2 unspecified atom stereocenters. The molecule has 0 bridgehead atoms. The summed E-state index contributed by atoms with van der Waals surface area (Å²) in [7, 11) is -3.62. The summed E-state index contributed by atoms with van der Waals surface area (Å²) in [5.74, 6) is 6.51. The molecule has 0 aliphatic heterocycles. The molecular weight excluding hydrogens is 312 g/mol. The summed E-state index contributed by atoms with van der Waals surface area (Å²) in [4.78, 5) is 3.95. The molecule has 0 saturated heterocycles. The zero-order valence-electron chi connectivity index (χ0n) is 12.1. The van der Waals surface area contributed by atoms with Crippen molar-refractivity contribution in [2.45, 2.75) is 44.0 Å². The maximum atomic E-state index is 12.4. The first kappa shape index (κ1) is 16.5. The maximum Gasteiger partial charge on any atom is 0.242 e. The molecule has 0 radical (unpaired) electrons. The summed E-state index contributed by atoms with van der Waals surface area (Å²) < 4.78 is 27.6. The van der Waals surface area contributed by atoms with Crippen LogP contribution in [0.15, 0.2) is 17.2 Å². The Bertz CT molecular complexity index is 598. The molecule has 1 heterocycles. The van der Waals surface area contributed by atoms with Crippen LogP contribution in [-0.4, -0.2) is 19.4 Å². The molecule has 1 aliphatic carbocycles. The van der Waals surface area contributed by atoms with Gasteiger partial charge in [0.2, 0.25) is 10.0 Å². The van der Waals surface area contributed by atoms with E-state index in [-0.39, 0.29) is 21.8 Å². The lowest BCUT2D eigenvalue weighted by Crippen LogP contribution is -2.40. The zero-order chi connectivity index (χ0) is 15.6. The van der Waals surface area contributed by atoms with Crippen molar-refractivity contribution in [2.75, 3.05) is 5.43 Å². The number of nitrogens with one attached hydrogen (secondary N) is 2. The third-order valence-electron chi connectivity index (χ3n) is 3.76. The van der Waals surface area contributed by atoms with Crippen molar-refractivity contribution in [3.63, 3.8) is 0 Å². The molecule has 0 amide bonds. The highest BCUT2D eigenvalue weighted by atomic mass is 35.5. The van der Waals surface area contributed by atoms with Gasteiger partial charge in [-0.05, 0) is 37.2 Å². The van der Waals surface area contributed by atoms with Crippen LogP contribution in [0.2, 0.25) is 5.02 Å². The van der Waals surface area contributed by atoms with Crippen LogP contribution in [0, 0.1) is 11.8 Å². The number of nitrogens with two attached hydrogens (primary N) is 1. The Morgan fingerprint density at radius 2 is 1.90 bits per heavy atom. The van der Waals surface area contributed by atoms with Gasteiger partial charge >= 0.3 is 0 Å². The van der Waals surface area contributed by atoms with E-state index in [1.54, 1.807) is 0 Å². The highest BCUT2D eigenvalue weighted by Gasteiger charge is 2.28. The van der Waals surface area contributed by atoms with Gasteiger partial charge in [-0.2, -0.15) is 0 Å². The van der Waals surface area contributed by atoms with Gasteiger partial charge in [0.15, 0.2) is 5.82 Å². The number of hydrogen-bond acceptors (Lipinski definition) is 5. The minimum absolute atomic E-state index is 0.0418. The molecule has 1 fully saturated rings. The molecule has 1 aromatic heterocycles. The van der Waals surface area contributed by atoms with Gasteiger partial charge in [-0.25, -0.2) is 24.0 Å². The Kier molecular flexibility index (Phi) is 5.08. The van der Waals surface area contributed by atoms with E-state index < -0.39 is 10.0 Å². The van der Waals surface area contributed by atoms with Crippen molar-refractivity contribution < 1.29 is 8.42 Å². The first-order valence-corrected chi connectivity index (χ1v) is 8.82. The fourth-order valence-electron chi connectivity index (χ4n) is 3.00. The average Bonchev–Trinajstić information content (AvgIpc) is 2.36. The van der Waals surface area contributed by atoms with Crippen molar-refractivity contribution in [2.24, 2.45) is 17.7 Å². The average molecular weight is 333 g/mol. The van der Waals surface area contributed by atoms with Crippen molar-refractivity contribution in [3.05, 3.63) is 17.3 Å². The molecule has 4 N–H and O–H groups in total. The summed E-state index contributed by atoms with van der Waals surface area (Å²) in [5.41, 5.74) is 2.31. The van der Waals surface area contributed by atoms with E-state index in [2.05, 4.69) is 29.0 Å². The molecule has 1 aromatic rings. The molecule has 8 heteroatoms. The molecule has 21 heavy (non-hydrogen) atoms. The topological polar surface area (TPSA) is 97.1 Å². The monoisotopic (exact) mass is 332 g/mol. The van der Waals surface area contributed by atoms with Gasteiger partial charge in [0.1, 0.15) is 4.90 Å². The number of aromatic nitrogens is 1. The summed E-state index contributed by atoms with van der Waals surface area (Å²) in [6.45, 7) is 4.30. The molecule has 118 valence electrons. The summed E-state index contributed by atoms with van der Waals surface area (Å²) in [6.07, 6.45) is 4.10. The van der Waals surface area contributed by atoms with E-state index in [9.17, 15) is 8.42 Å². The summed E-state index contributed by atoms with van der Waals surface area (Å²) in [5, 5.41) is 0.172. The Morgan fingerprint density at radius 3 is 2.43 bits per heavy atom. The van der Waals surface area contributed by atoms with Crippen LogP contribution >= 0.6 is 11.6 Å². The standard InChI is InChI=1S/C13H21ClN4O2S/c1-8-3-9(2)5-10(4-8)18-21(19,20)11-6-12(14)13(17-15)16-7-11/h6-10,18H,3-5,15H2,1-2H3,(H,16,17). The van der Waals surface area contributed by atoms with Gasteiger partial charge in [-0.1, -0.05) is 25.4 Å². The number of nitrogens with zero attached hydrogens (tertiary/aromatic N) is 1. The zero-order valence-corrected chi connectivity index (χ0v) is 13.7. The van der Waals surface area contributed by atoms with E-state index in [0.717, 1.165) is 19.3 Å². The van der Waals surface area contributed by atoms with E-state index in [1.807, 2.05) is 0 Å². The Hall–Kier alpha value is -0.890. The van der Waals surface area contributed by atoms with Crippen molar-refractivity contribution in [3.8, 4) is 0 Å². The molecule has 2 rings (SSSR count). The van der Waals surface area contributed by atoms with Gasteiger partial charge in [-0.3, -0.25) is 0 Å².